The summed E-state index contributed by atoms with van der Waals surface area (Å²) in [4.78, 5) is 1.55. The molecule has 6 heteroatoms. The smallest absolute Gasteiger partial charge is 0.162 e. The number of nitrogens with zero attached hydrogens (tertiary/aromatic N) is 4. The van der Waals surface area contributed by atoms with Gasteiger partial charge in [-0.15, -0.1) is 10.2 Å². The number of benzene rings is 2. The van der Waals surface area contributed by atoms with Crippen LogP contribution in [-0.4, -0.2) is 33.3 Å². The predicted molar refractivity (Wildman–Crippen MR) is 85.5 cm³/mol. The van der Waals surface area contributed by atoms with Gasteiger partial charge in [0.05, 0.1) is 0 Å². The Balaban J connectivity index is 1.84. The van der Waals surface area contributed by atoms with Gasteiger partial charge in [0.15, 0.2) is 6.33 Å². The molecule has 2 atom stereocenters. The third-order valence-electron chi connectivity index (χ3n) is 4.61. The van der Waals surface area contributed by atoms with Crippen LogP contribution in [0.4, 0.5) is 4.39 Å². The highest BCUT2D eigenvalue weighted by atomic mass is 19.1. The maximum Gasteiger partial charge on any atom is 0.162 e. The average molecular weight is 311 g/mol. The van der Waals surface area contributed by atoms with E-state index in [0.29, 0.717) is 10.9 Å². The van der Waals surface area contributed by atoms with Gasteiger partial charge in [0, 0.05) is 17.5 Å². The maximum atomic E-state index is 15.2. The molecule has 0 radical (unpaired) electrons. The Bertz CT molecular complexity index is 796. The van der Waals surface area contributed by atoms with Crippen molar-refractivity contribution in [3.8, 4) is 0 Å². The Morgan fingerprint density at radius 1 is 1.22 bits per heavy atom. The van der Waals surface area contributed by atoms with E-state index in [1.165, 1.54) is 6.33 Å². The molecule has 5 nitrogen and oxygen atoms in total. The summed E-state index contributed by atoms with van der Waals surface area (Å²) < 4.78 is 15.2. The number of piperidine rings is 1. The van der Waals surface area contributed by atoms with Gasteiger partial charge in [-0.2, -0.15) is 4.80 Å². The minimum absolute atomic E-state index is 0.184. The summed E-state index contributed by atoms with van der Waals surface area (Å²) in [6.07, 6.45) is 3.50. The van der Waals surface area contributed by atoms with Gasteiger partial charge in [0.2, 0.25) is 0 Å². The van der Waals surface area contributed by atoms with Crippen LogP contribution >= 0.6 is 0 Å². The zero-order valence-corrected chi connectivity index (χ0v) is 12.7. The molecule has 0 saturated carbocycles. The first-order chi connectivity index (χ1) is 11.3. The molecule has 118 valence electrons. The first-order valence-electron chi connectivity index (χ1n) is 7.95. The van der Waals surface area contributed by atoms with Gasteiger partial charge in [-0.05, 0) is 35.9 Å². The van der Waals surface area contributed by atoms with E-state index in [2.05, 4.69) is 20.7 Å². The fourth-order valence-corrected chi connectivity index (χ4v) is 3.50. The summed E-state index contributed by atoms with van der Waals surface area (Å²) in [6.45, 7) is 1.84. The van der Waals surface area contributed by atoms with Crippen molar-refractivity contribution in [2.75, 3.05) is 13.1 Å². The maximum absolute atomic E-state index is 15.2. The number of hydrogen-bond acceptors (Lipinski definition) is 4. The summed E-state index contributed by atoms with van der Waals surface area (Å²) in [5, 5.41) is 17.0. The third-order valence-corrected chi connectivity index (χ3v) is 4.61. The number of fused-ring (bicyclic) bond motifs is 1. The monoisotopic (exact) mass is 311 g/mol. The SMILES string of the molecule is Fc1c([C@H]([C@@H]2CCCNC2)n2ncnn2)ccc2ccccc12. The lowest BCUT2D eigenvalue weighted by molar-refractivity contribution is 0.257. The molecule has 23 heavy (non-hydrogen) atoms. The van der Waals surface area contributed by atoms with E-state index in [1.807, 2.05) is 36.4 Å². The zero-order chi connectivity index (χ0) is 15.6. The Labute approximate surface area is 133 Å². The van der Waals surface area contributed by atoms with Crippen molar-refractivity contribution in [3.05, 3.63) is 54.1 Å². The molecule has 0 amide bonds. The van der Waals surface area contributed by atoms with Crippen LogP contribution in [0.25, 0.3) is 10.8 Å². The number of tetrazole rings is 1. The largest absolute Gasteiger partial charge is 0.316 e. The number of nitrogens with one attached hydrogen (secondary N) is 1. The molecule has 1 aliphatic rings. The number of hydrogen-bond donors (Lipinski definition) is 1. The van der Waals surface area contributed by atoms with Crippen LogP contribution in [-0.2, 0) is 0 Å². The fraction of sp³-hybridized carbons (Fsp3) is 0.353. The summed E-state index contributed by atoms with van der Waals surface area (Å²) >= 11 is 0. The Morgan fingerprint density at radius 3 is 2.91 bits per heavy atom. The lowest BCUT2D eigenvalue weighted by Crippen LogP contribution is -2.36. The Hall–Kier alpha value is -2.34. The first-order valence-corrected chi connectivity index (χ1v) is 7.95. The number of aromatic nitrogens is 4. The fourth-order valence-electron chi connectivity index (χ4n) is 3.50. The van der Waals surface area contributed by atoms with Crippen molar-refractivity contribution in [1.29, 1.82) is 0 Å². The molecule has 0 aliphatic carbocycles. The Kier molecular flexibility index (Phi) is 3.75. The lowest BCUT2D eigenvalue weighted by atomic mass is 9.86. The molecular weight excluding hydrogens is 293 g/mol. The van der Waals surface area contributed by atoms with Gasteiger partial charge in [-0.1, -0.05) is 36.4 Å². The molecule has 1 aliphatic heterocycles. The highest BCUT2D eigenvalue weighted by molar-refractivity contribution is 5.83. The molecule has 1 fully saturated rings. The normalized spacial score (nSPS) is 19.8. The summed E-state index contributed by atoms with van der Waals surface area (Å²) in [6, 6.07) is 11.1. The van der Waals surface area contributed by atoms with Crippen molar-refractivity contribution in [3.63, 3.8) is 0 Å². The third kappa shape index (κ3) is 2.59. The molecule has 1 aromatic heterocycles. The molecular formula is C17H18FN5. The van der Waals surface area contributed by atoms with E-state index in [0.717, 1.165) is 31.3 Å². The Morgan fingerprint density at radius 2 is 2.13 bits per heavy atom. The molecule has 4 rings (SSSR count). The van der Waals surface area contributed by atoms with E-state index in [4.69, 9.17) is 0 Å². The van der Waals surface area contributed by atoms with Crippen LogP contribution in [0, 0.1) is 11.7 Å². The summed E-state index contributed by atoms with van der Waals surface area (Å²) in [5.74, 6) is 0.0598. The van der Waals surface area contributed by atoms with Crippen LogP contribution in [0.3, 0.4) is 0 Å². The minimum Gasteiger partial charge on any atom is -0.316 e. The molecule has 0 spiro atoms. The van der Waals surface area contributed by atoms with Gasteiger partial charge in [-0.3, -0.25) is 0 Å². The van der Waals surface area contributed by atoms with Gasteiger partial charge >= 0.3 is 0 Å². The van der Waals surface area contributed by atoms with E-state index in [-0.39, 0.29) is 17.8 Å². The number of halogens is 1. The van der Waals surface area contributed by atoms with E-state index >= 15 is 4.39 Å². The second-order valence-electron chi connectivity index (χ2n) is 6.00. The minimum atomic E-state index is -0.241. The van der Waals surface area contributed by atoms with Crippen molar-refractivity contribution in [1.82, 2.24) is 25.5 Å². The molecule has 2 aromatic carbocycles. The highest BCUT2D eigenvalue weighted by Crippen LogP contribution is 2.34. The van der Waals surface area contributed by atoms with E-state index in [1.54, 1.807) is 4.80 Å². The van der Waals surface area contributed by atoms with E-state index in [9.17, 15) is 0 Å². The molecule has 0 unspecified atom stereocenters. The van der Waals surface area contributed by atoms with Crippen LogP contribution in [0.1, 0.15) is 24.4 Å². The topological polar surface area (TPSA) is 55.6 Å². The first kappa shape index (κ1) is 14.3. The van der Waals surface area contributed by atoms with E-state index < -0.39 is 0 Å². The van der Waals surface area contributed by atoms with Gasteiger partial charge in [0.1, 0.15) is 11.9 Å². The van der Waals surface area contributed by atoms with Gasteiger partial charge in [0.25, 0.3) is 0 Å². The second kappa shape index (κ2) is 6.04. The number of rotatable bonds is 3. The summed E-state index contributed by atoms with van der Waals surface area (Å²) in [7, 11) is 0. The van der Waals surface area contributed by atoms with Crippen molar-refractivity contribution < 1.29 is 4.39 Å². The highest BCUT2D eigenvalue weighted by Gasteiger charge is 2.30. The standard InChI is InChI=1S/C17H18FN5/c18-16-14-6-2-1-4-12(14)7-8-15(16)17(23-21-11-20-22-23)13-5-3-9-19-10-13/h1-2,4,6-8,11,13,17,19H,3,5,9-10H2/t13-,17+/m1/s1. The molecule has 3 aromatic rings. The van der Waals surface area contributed by atoms with Crippen LogP contribution < -0.4 is 5.32 Å². The predicted octanol–water partition coefficient (Wildman–Crippen LogP) is 2.55. The van der Waals surface area contributed by atoms with Crippen LogP contribution in [0.5, 0.6) is 0 Å². The van der Waals surface area contributed by atoms with Crippen molar-refractivity contribution in [2.45, 2.75) is 18.9 Å². The van der Waals surface area contributed by atoms with Crippen LogP contribution in [0.2, 0.25) is 0 Å². The van der Waals surface area contributed by atoms with Crippen LogP contribution in [0.15, 0.2) is 42.7 Å². The molecule has 2 heterocycles. The second-order valence-corrected chi connectivity index (χ2v) is 6.00. The molecule has 1 saturated heterocycles. The molecule has 1 N–H and O–H groups in total. The summed E-state index contributed by atoms with van der Waals surface area (Å²) in [5.41, 5.74) is 0.635. The van der Waals surface area contributed by atoms with Crippen molar-refractivity contribution >= 4 is 10.8 Å². The van der Waals surface area contributed by atoms with Gasteiger partial charge < -0.3 is 5.32 Å². The lowest BCUT2D eigenvalue weighted by Gasteiger charge is -2.30. The molecule has 0 bridgehead atoms. The zero-order valence-electron chi connectivity index (χ0n) is 12.7. The quantitative estimate of drug-likeness (QED) is 0.807. The van der Waals surface area contributed by atoms with Crippen molar-refractivity contribution in [2.24, 2.45) is 5.92 Å². The van der Waals surface area contributed by atoms with Gasteiger partial charge in [-0.25, -0.2) is 4.39 Å². The average Bonchev–Trinajstić information content (AvgIpc) is 3.13.